The van der Waals surface area contributed by atoms with Crippen molar-refractivity contribution in [3.05, 3.63) is 29.8 Å². The lowest BCUT2D eigenvalue weighted by Gasteiger charge is -2.37. The van der Waals surface area contributed by atoms with E-state index in [1.165, 1.54) is 0 Å². The first-order chi connectivity index (χ1) is 11.5. The number of hydrogen-bond acceptors (Lipinski definition) is 5. The number of hydrogen-bond donors (Lipinski definition) is 1. The number of amides is 1. The highest BCUT2D eigenvalue weighted by atomic mass is 16.5. The van der Waals surface area contributed by atoms with Gasteiger partial charge in [-0.25, -0.2) is 0 Å². The lowest BCUT2D eigenvalue weighted by atomic mass is 10.1. The van der Waals surface area contributed by atoms with Crippen molar-refractivity contribution in [2.24, 2.45) is 0 Å². The third-order valence-corrected chi connectivity index (χ3v) is 4.31. The number of likely N-dealkylation sites (N-methyl/N-ethyl adjacent to an activating group) is 1. The van der Waals surface area contributed by atoms with Crippen molar-refractivity contribution in [3.63, 3.8) is 0 Å². The maximum atomic E-state index is 12.5. The normalized spacial score (nSPS) is 20.0. The van der Waals surface area contributed by atoms with Gasteiger partial charge in [-0.1, -0.05) is 18.2 Å². The molecule has 0 saturated carbocycles. The third kappa shape index (κ3) is 5.19. The van der Waals surface area contributed by atoms with Crippen LogP contribution in [0.1, 0.15) is 12.5 Å². The van der Waals surface area contributed by atoms with Crippen LogP contribution in [-0.2, 0) is 16.1 Å². The Morgan fingerprint density at radius 3 is 2.92 bits per heavy atom. The van der Waals surface area contributed by atoms with Crippen molar-refractivity contribution < 1.29 is 14.3 Å². The van der Waals surface area contributed by atoms with Crippen LogP contribution in [0.2, 0.25) is 0 Å². The minimum Gasteiger partial charge on any atom is -0.496 e. The second-order valence-electron chi connectivity index (χ2n) is 6.46. The molecule has 1 aromatic rings. The molecule has 0 spiro atoms. The molecule has 1 N–H and O–H groups in total. The molecule has 0 aromatic heterocycles. The van der Waals surface area contributed by atoms with Gasteiger partial charge < -0.3 is 19.7 Å². The highest BCUT2D eigenvalue weighted by Crippen LogP contribution is 2.17. The average Bonchev–Trinajstić information content (AvgIpc) is 2.58. The molecular weight excluding hydrogens is 306 g/mol. The first kappa shape index (κ1) is 18.7. The maximum absolute atomic E-state index is 12.5. The van der Waals surface area contributed by atoms with Crippen molar-refractivity contribution >= 4 is 5.91 Å². The Balaban J connectivity index is 1.87. The average molecular weight is 335 g/mol. The summed E-state index contributed by atoms with van der Waals surface area (Å²) in [5.74, 6) is 0.828. The van der Waals surface area contributed by atoms with E-state index in [0.717, 1.165) is 30.9 Å². The number of ether oxygens (including phenoxy) is 2. The number of rotatable bonds is 7. The summed E-state index contributed by atoms with van der Waals surface area (Å²) in [5, 5.41) is 3.01. The smallest absolute Gasteiger partial charge is 0.237 e. The van der Waals surface area contributed by atoms with Crippen LogP contribution in [0.4, 0.5) is 0 Å². The molecule has 0 unspecified atom stereocenters. The highest BCUT2D eigenvalue weighted by Gasteiger charge is 2.28. The minimum absolute atomic E-state index is 0.0337. The monoisotopic (exact) mass is 335 g/mol. The minimum atomic E-state index is -0.173. The van der Waals surface area contributed by atoms with Gasteiger partial charge in [0.2, 0.25) is 5.91 Å². The van der Waals surface area contributed by atoms with E-state index >= 15 is 0 Å². The standard InChI is InChI=1S/C18H29N3O3/c1-14(21-9-10-24-16(13-21)12-20(2)3)18(22)19-11-15-7-5-6-8-17(15)23-4/h5-8,14,16H,9-13H2,1-4H3,(H,19,22)/t14-,16-/m1/s1. The van der Waals surface area contributed by atoms with Gasteiger partial charge in [-0.3, -0.25) is 9.69 Å². The van der Waals surface area contributed by atoms with Gasteiger partial charge in [0.25, 0.3) is 0 Å². The van der Waals surface area contributed by atoms with Crippen molar-refractivity contribution in [1.82, 2.24) is 15.1 Å². The van der Waals surface area contributed by atoms with Gasteiger partial charge in [0.15, 0.2) is 0 Å². The summed E-state index contributed by atoms with van der Waals surface area (Å²) >= 11 is 0. The first-order valence-electron chi connectivity index (χ1n) is 8.41. The Morgan fingerprint density at radius 1 is 1.46 bits per heavy atom. The highest BCUT2D eigenvalue weighted by molar-refractivity contribution is 5.81. The molecule has 1 aliphatic heterocycles. The molecule has 134 valence electrons. The van der Waals surface area contributed by atoms with E-state index in [9.17, 15) is 4.79 Å². The van der Waals surface area contributed by atoms with Gasteiger partial charge in [-0.05, 0) is 27.1 Å². The molecule has 0 radical (unpaired) electrons. The van der Waals surface area contributed by atoms with Crippen molar-refractivity contribution in [2.45, 2.75) is 25.6 Å². The lowest BCUT2D eigenvalue weighted by molar-refractivity contribution is -0.129. The molecular formula is C18H29N3O3. The number of nitrogens with one attached hydrogen (secondary N) is 1. The van der Waals surface area contributed by atoms with Gasteiger partial charge in [-0.15, -0.1) is 0 Å². The van der Waals surface area contributed by atoms with Gasteiger partial charge >= 0.3 is 0 Å². The van der Waals surface area contributed by atoms with E-state index in [-0.39, 0.29) is 18.1 Å². The zero-order valence-corrected chi connectivity index (χ0v) is 15.1. The zero-order chi connectivity index (χ0) is 17.5. The molecule has 0 bridgehead atoms. The summed E-state index contributed by atoms with van der Waals surface area (Å²) in [6.45, 7) is 5.53. The Bertz CT molecular complexity index is 536. The molecule has 1 saturated heterocycles. The summed E-state index contributed by atoms with van der Waals surface area (Å²) in [6, 6.07) is 7.56. The van der Waals surface area contributed by atoms with Crippen molar-refractivity contribution in [1.29, 1.82) is 0 Å². The Kier molecular flexibility index (Phi) is 7.02. The van der Waals surface area contributed by atoms with Crippen LogP contribution in [0.3, 0.4) is 0 Å². The number of carbonyl (C=O) groups excluding carboxylic acids is 1. The Hall–Kier alpha value is -1.63. The lowest BCUT2D eigenvalue weighted by Crippen LogP contribution is -2.53. The zero-order valence-electron chi connectivity index (χ0n) is 15.1. The number of carbonyl (C=O) groups is 1. The Morgan fingerprint density at radius 2 is 2.21 bits per heavy atom. The predicted molar refractivity (Wildman–Crippen MR) is 94.2 cm³/mol. The topological polar surface area (TPSA) is 54.0 Å². The van der Waals surface area contributed by atoms with E-state index < -0.39 is 0 Å². The maximum Gasteiger partial charge on any atom is 0.237 e. The molecule has 1 amide bonds. The molecule has 2 rings (SSSR count). The molecule has 6 heteroatoms. The van der Waals surface area contributed by atoms with Crippen LogP contribution >= 0.6 is 0 Å². The van der Waals surface area contributed by atoms with Gasteiger partial charge in [0, 0.05) is 31.7 Å². The number of morpholine rings is 1. The summed E-state index contributed by atoms with van der Waals surface area (Å²) in [7, 11) is 5.71. The largest absolute Gasteiger partial charge is 0.496 e. The van der Waals surface area contributed by atoms with E-state index in [1.807, 2.05) is 45.3 Å². The van der Waals surface area contributed by atoms with Gasteiger partial charge in [0.1, 0.15) is 5.75 Å². The molecule has 1 heterocycles. The molecule has 2 atom stereocenters. The van der Waals surface area contributed by atoms with Crippen LogP contribution < -0.4 is 10.1 Å². The van der Waals surface area contributed by atoms with Crippen LogP contribution in [0.5, 0.6) is 5.75 Å². The first-order valence-corrected chi connectivity index (χ1v) is 8.41. The van der Waals surface area contributed by atoms with E-state index in [0.29, 0.717) is 13.2 Å². The quantitative estimate of drug-likeness (QED) is 0.804. The molecule has 0 aliphatic carbocycles. The fourth-order valence-electron chi connectivity index (χ4n) is 2.96. The van der Waals surface area contributed by atoms with Crippen molar-refractivity contribution in [2.75, 3.05) is 47.4 Å². The molecule has 1 fully saturated rings. The summed E-state index contributed by atoms with van der Waals surface area (Å²) < 4.78 is 11.1. The summed E-state index contributed by atoms with van der Waals surface area (Å²) in [6.07, 6.45) is 0.151. The van der Waals surface area contributed by atoms with E-state index in [1.54, 1.807) is 7.11 Å². The number of nitrogens with zero attached hydrogens (tertiary/aromatic N) is 2. The van der Waals surface area contributed by atoms with E-state index in [4.69, 9.17) is 9.47 Å². The van der Waals surface area contributed by atoms with Crippen molar-refractivity contribution in [3.8, 4) is 5.75 Å². The van der Waals surface area contributed by atoms with Crippen LogP contribution in [-0.4, -0.2) is 75.3 Å². The second-order valence-corrected chi connectivity index (χ2v) is 6.46. The van der Waals surface area contributed by atoms with Crippen LogP contribution in [0.25, 0.3) is 0 Å². The molecule has 6 nitrogen and oxygen atoms in total. The van der Waals surface area contributed by atoms with Gasteiger partial charge in [-0.2, -0.15) is 0 Å². The molecule has 24 heavy (non-hydrogen) atoms. The van der Waals surface area contributed by atoms with Crippen LogP contribution in [0, 0.1) is 0 Å². The fourth-order valence-corrected chi connectivity index (χ4v) is 2.96. The predicted octanol–water partition coefficient (Wildman–Crippen LogP) is 0.962. The van der Waals surface area contributed by atoms with Crippen LogP contribution in [0.15, 0.2) is 24.3 Å². The third-order valence-electron chi connectivity index (χ3n) is 4.31. The summed E-state index contributed by atoms with van der Waals surface area (Å²) in [4.78, 5) is 16.8. The molecule has 1 aromatic carbocycles. The fraction of sp³-hybridized carbons (Fsp3) is 0.611. The number of methoxy groups -OCH3 is 1. The Labute approximate surface area is 144 Å². The SMILES string of the molecule is COc1ccccc1CNC(=O)[C@@H](C)N1CCO[C@H](CN(C)C)C1. The van der Waals surface area contributed by atoms with Gasteiger partial charge in [0.05, 0.1) is 25.9 Å². The second kappa shape index (κ2) is 9.01. The number of benzene rings is 1. The summed E-state index contributed by atoms with van der Waals surface area (Å²) in [5.41, 5.74) is 0.980. The van der Waals surface area contributed by atoms with E-state index in [2.05, 4.69) is 15.1 Å². The molecule has 1 aliphatic rings. The number of para-hydroxylation sites is 1.